The number of carbonyl (C=O) groups is 3. The third kappa shape index (κ3) is 4.73. The van der Waals surface area contributed by atoms with Gasteiger partial charge in [-0.05, 0) is 52.9 Å². The van der Waals surface area contributed by atoms with E-state index in [2.05, 4.69) is 24.5 Å². The number of nitrogens with zero attached hydrogens (tertiary/aromatic N) is 1. The van der Waals surface area contributed by atoms with Gasteiger partial charge in [-0.15, -0.1) is 0 Å². The van der Waals surface area contributed by atoms with Crippen molar-refractivity contribution in [3.63, 3.8) is 0 Å². The zero-order valence-electron chi connectivity index (χ0n) is 19.6. The maximum atomic E-state index is 13.1. The molecule has 176 valence electrons. The Bertz CT molecular complexity index is 1220. The van der Waals surface area contributed by atoms with E-state index >= 15 is 0 Å². The molecule has 7 heteroatoms. The van der Waals surface area contributed by atoms with E-state index in [0.717, 1.165) is 21.4 Å². The van der Waals surface area contributed by atoms with Crippen LogP contribution in [0.3, 0.4) is 0 Å². The first-order chi connectivity index (χ1) is 16.3. The van der Waals surface area contributed by atoms with E-state index in [-0.39, 0.29) is 19.7 Å². The Kier molecular flexibility index (Phi) is 6.54. The highest BCUT2D eigenvalue weighted by atomic mass is 16.5. The Morgan fingerprint density at radius 3 is 2.44 bits per heavy atom. The minimum Gasteiger partial charge on any atom is -0.492 e. The van der Waals surface area contributed by atoms with Gasteiger partial charge in [0.2, 0.25) is 5.91 Å². The second-order valence-corrected chi connectivity index (χ2v) is 8.93. The molecule has 3 aromatic carbocycles. The fourth-order valence-electron chi connectivity index (χ4n) is 4.04. The number of carbonyl (C=O) groups excluding carboxylic acids is 3. The van der Waals surface area contributed by atoms with Crippen LogP contribution in [0.1, 0.15) is 37.8 Å². The molecule has 0 saturated carbocycles. The zero-order valence-corrected chi connectivity index (χ0v) is 19.6. The molecule has 0 spiro atoms. The van der Waals surface area contributed by atoms with Crippen molar-refractivity contribution in [1.82, 2.24) is 15.5 Å². The molecular formula is C27H29N3O4. The predicted octanol–water partition coefficient (Wildman–Crippen LogP) is 3.93. The van der Waals surface area contributed by atoms with E-state index in [1.165, 1.54) is 5.56 Å². The first kappa shape index (κ1) is 23.3. The Morgan fingerprint density at radius 1 is 1.03 bits per heavy atom. The summed E-state index contributed by atoms with van der Waals surface area (Å²) in [5, 5.41) is 7.47. The topological polar surface area (TPSA) is 87.7 Å². The fraction of sp³-hybridized carbons (Fsp3) is 0.296. The summed E-state index contributed by atoms with van der Waals surface area (Å²) >= 11 is 0. The van der Waals surface area contributed by atoms with Gasteiger partial charge in [0.15, 0.2) is 0 Å². The number of urea groups is 1. The van der Waals surface area contributed by atoms with Crippen molar-refractivity contribution in [3.05, 3.63) is 77.9 Å². The standard InChI is InChI=1S/C27H29N3O4/c1-18(2)19-9-12-23(13-10-19)34-15-14-28-24(31)17-30-25(32)27(3,29-26(30)33)22-11-8-20-6-4-5-7-21(20)16-22/h4-13,16,18H,14-15,17H2,1-3H3,(H,28,31)(H,29,33). The Labute approximate surface area is 199 Å². The number of rotatable bonds is 8. The second-order valence-electron chi connectivity index (χ2n) is 8.93. The highest BCUT2D eigenvalue weighted by Gasteiger charge is 2.49. The van der Waals surface area contributed by atoms with Crippen molar-refractivity contribution in [2.45, 2.75) is 32.2 Å². The van der Waals surface area contributed by atoms with Crippen LogP contribution in [0.5, 0.6) is 5.75 Å². The Balaban J connectivity index is 1.32. The van der Waals surface area contributed by atoms with Crippen LogP contribution < -0.4 is 15.4 Å². The molecule has 0 aromatic heterocycles. The lowest BCUT2D eigenvalue weighted by atomic mass is 9.90. The molecular weight excluding hydrogens is 430 g/mol. The maximum Gasteiger partial charge on any atom is 0.325 e. The maximum absolute atomic E-state index is 13.1. The summed E-state index contributed by atoms with van der Waals surface area (Å²) in [5.41, 5.74) is 0.668. The average molecular weight is 460 g/mol. The van der Waals surface area contributed by atoms with E-state index in [4.69, 9.17) is 4.74 Å². The third-order valence-corrected chi connectivity index (χ3v) is 6.14. The van der Waals surface area contributed by atoms with Gasteiger partial charge in [-0.2, -0.15) is 0 Å². The van der Waals surface area contributed by atoms with Gasteiger partial charge >= 0.3 is 6.03 Å². The van der Waals surface area contributed by atoms with Crippen LogP contribution in [-0.4, -0.2) is 42.4 Å². The van der Waals surface area contributed by atoms with E-state index in [0.29, 0.717) is 11.5 Å². The van der Waals surface area contributed by atoms with Crippen LogP contribution in [-0.2, 0) is 15.1 Å². The Hall–Kier alpha value is -3.87. The molecule has 34 heavy (non-hydrogen) atoms. The molecule has 2 N–H and O–H groups in total. The molecule has 1 aliphatic rings. The van der Waals surface area contributed by atoms with E-state index < -0.39 is 23.4 Å². The van der Waals surface area contributed by atoms with Gasteiger partial charge in [-0.25, -0.2) is 4.79 Å². The van der Waals surface area contributed by atoms with Crippen LogP contribution in [0.25, 0.3) is 10.8 Å². The summed E-state index contributed by atoms with van der Waals surface area (Å²) in [6.07, 6.45) is 0. The third-order valence-electron chi connectivity index (χ3n) is 6.14. The summed E-state index contributed by atoms with van der Waals surface area (Å²) in [5.74, 6) is 0.287. The van der Waals surface area contributed by atoms with Crippen molar-refractivity contribution < 1.29 is 19.1 Å². The molecule has 3 aromatic rings. The van der Waals surface area contributed by atoms with Crippen molar-refractivity contribution in [3.8, 4) is 5.75 Å². The van der Waals surface area contributed by atoms with Crippen LogP contribution in [0.15, 0.2) is 66.7 Å². The molecule has 0 aliphatic carbocycles. The van der Waals surface area contributed by atoms with Crippen molar-refractivity contribution >= 4 is 28.6 Å². The molecule has 1 fully saturated rings. The van der Waals surface area contributed by atoms with Crippen LogP contribution in [0, 0.1) is 0 Å². The van der Waals surface area contributed by atoms with Crippen LogP contribution in [0.4, 0.5) is 4.79 Å². The zero-order chi connectivity index (χ0) is 24.3. The number of benzene rings is 3. The summed E-state index contributed by atoms with van der Waals surface area (Å²) in [6, 6.07) is 20.7. The minimum absolute atomic E-state index is 0.260. The quantitative estimate of drug-likeness (QED) is 0.395. The lowest BCUT2D eigenvalue weighted by Gasteiger charge is -2.22. The van der Waals surface area contributed by atoms with Gasteiger partial charge in [0.05, 0.1) is 6.54 Å². The molecule has 4 amide bonds. The monoisotopic (exact) mass is 459 g/mol. The van der Waals surface area contributed by atoms with Crippen LogP contribution in [0.2, 0.25) is 0 Å². The van der Waals surface area contributed by atoms with Crippen molar-refractivity contribution in [1.29, 1.82) is 0 Å². The van der Waals surface area contributed by atoms with E-state index in [9.17, 15) is 14.4 Å². The minimum atomic E-state index is -1.23. The second kappa shape index (κ2) is 9.55. The Morgan fingerprint density at radius 2 is 1.74 bits per heavy atom. The molecule has 4 rings (SSSR count). The summed E-state index contributed by atoms with van der Waals surface area (Å²) in [4.78, 5) is 39.0. The molecule has 1 unspecified atom stereocenters. The molecule has 0 radical (unpaired) electrons. The summed E-state index contributed by atoms with van der Waals surface area (Å²) in [6.45, 7) is 6.10. The molecule has 1 atom stereocenters. The number of nitrogens with one attached hydrogen (secondary N) is 2. The lowest BCUT2D eigenvalue weighted by molar-refractivity contribution is -0.134. The highest BCUT2D eigenvalue weighted by molar-refractivity contribution is 6.09. The number of amides is 4. The molecule has 1 aliphatic heterocycles. The summed E-state index contributed by atoms with van der Waals surface area (Å²) in [7, 11) is 0. The van der Waals surface area contributed by atoms with Gasteiger partial charge in [0.25, 0.3) is 5.91 Å². The predicted molar refractivity (Wildman–Crippen MR) is 131 cm³/mol. The van der Waals surface area contributed by atoms with Gasteiger partial charge < -0.3 is 15.4 Å². The van der Waals surface area contributed by atoms with Crippen molar-refractivity contribution in [2.75, 3.05) is 19.7 Å². The number of imide groups is 1. The average Bonchev–Trinajstić information content (AvgIpc) is 3.05. The smallest absolute Gasteiger partial charge is 0.325 e. The van der Waals surface area contributed by atoms with E-state index in [1.54, 1.807) is 6.92 Å². The number of fused-ring (bicyclic) bond motifs is 1. The van der Waals surface area contributed by atoms with Crippen molar-refractivity contribution in [2.24, 2.45) is 0 Å². The summed E-state index contributed by atoms with van der Waals surface area (Å²) < 4.78 is 5.65. The SMILES string of the molecule is CC(C)c1ccc(OCCNC(=O)CN2C(=O)NC(C)(c3ccc4ccccc4c3)C2=O)cc1. The van der Waals surface area contributed by atoms with E-state index in [1.807, 2.05) is 66.7 Å². The van der Waals surface area contributed by atoms with Gasteiger partial charge in [0.1, 0.15) is 24.4 Å². The largest absolute Gasteiger partial charge is 0.492 e. The first-order valence-corrected chi connectivity index (χ1v) is 11.4. The fourth-order valence-corrected chi connectivity index (χ4v) is 4.04. The number of ether oxygens (including phenoxy) is 1. The molecule has 1 heterocycles. The molecule has 1 saturated heterocycles. The number of hydrogen-bond donors (Lipinski definition) is 2. The van der Waals surface area contributed by atoms with Gasteiger partial charge in [0, 0.05) is 0 Å². The molecule has 7 nitrogen and oxygen atoms in total. The van der Waals surface area contributed by atoms with Gasteiger partial charge in [-0.1, -0.05) is 62.4 Å². The molecule has 0 bridgehead atoms. The van der Waals surface area contributed by atoms with Crippen LogP contribution >= 0.6 is 0 Å². The van der Waals surface area contributed by atoms with Gasteiger partial charge in [-0.3, -0.25) is 14.5 Å². The highest BCUT2D eigenvalue weighted by Crippen LogP contribution is 2.31. The number of hydrogen-bond acceptors (Lipinski definition) is 4. The normalized spacial score (nSPS) is 17.8. The lowest BCUT2D eigenvalue weighted by Crippen LogP contribution is -2.43. The first-order valence-electron chi connectivity index (χ1n) is 11.4.